The van der Waals surface area contributed by atoms with Gasteiger partial charge in [0, 0.05) is 24.0 Å². The largest absolute Gasteiger partial charge is 0.326 e. The van der Waals surface area contributed by atoms with Gasteiger partial charge in [0.25, 0.3) is 0 Å². The molecule has 1 aliphatic carbocycles. The van der Waals surface area contributed by atoms with Gasteiger partial charge in [0.1, 0.15) is 0 Å². The van der Waals surface area contributed by atoms with E-state index in [1.54, 1.807) is 0 Å². The van der Waals surface area contributed by atoms with Gasteiger partial charge in [-0.05, 0) is 25.3 Å². The first-order valence-corrected chi connectivity index (χ1v) is 7.05. The Balaban J connectivity index is 1.98. The minimum absolute atomic E-state index is 0.161. The lowest BCUT2D eigenvalue weighted by Gasteiger charge is -2.29. The van der Waals surface area contributed by atoms with Gasteiger partial charge in [0.05, 0.1) is 0 Å². The third-order valence-electron chi connectivity index (χ3n) is 4.18. The van der Waals surface area contributed by atoms with Gasteiger partial charge in [0.15, 0.2) is 0 Å². The number of aryl methyl sites for hydroxylation is 1. The molecule has 1 aliphatic rings. The summed E-state index contributed by atoms with van der Waals surface area (Å²) in [6.45, 7) is 7.75. The third kappa shape index (κ3) is 3.12. The van der Waals surface area contributed by atoms with Gasteiger partial charge >= 0.3 is 0 Å². The highest BCUT2D eigenvalue weighted by Gasteiger charge is 2.27. The van der Waals surface area contributed by atoms with Crippen LogP contribution in [0, 0.1) is 6.92 Å². The van der Waals surface area contributed by atoms with Crippen molar-refractivity contribution in [2.24, 2.45) is 5.73 Å². The molecule has 1 saturated carbocycles. The molecular weight excluding hydrogens is 220 g/mol. The van der Waals surface area contributed by atoms with Crippen molar-refractivity contribution in [2.75, 3.05) is 6.54 Å². The molecule has 18 heavy (non-hydrogen) atoms. The number of hydrogen-bond acceptors (Lipinski definition) is 2. The van der Waals surface area contributed by atoms with Crippen LogP contribution in [0.3, 0.4) is 0 Å². The molecule has 0 heterocycles. The van der Waals surface area contributed by atoms with Crippen molar-refractivity contribution >= 4 is 0 Å². The van der Waals surface area contributed by atoms with Crippen LogP contribution in [-0.4, -0.2) is 18.6 Å². The van der Waals surface area contributed by atoms with Gasteiger partial charge in [-0.15, -0.1) is 0 Å². The second kappa shape index (κ2) is 5.41. The fourth-order valence-corrected chi connectivity index (χ4v) is 2.80. The molecule has 2 atom stereocenters. The third-order valence-corrected chi connectivity index (χ3v) is 4.18. The molecule has 2 heteroatoms. The molecule has 0 aromatic heterocycles. The smallest absolute Gasteiger partial charge is 0.0219 e. The van der Waals surface area contributed by atoms with Crippen LogP contribution in [0.25, 0.3) is 0 Å². The lowest BCUT2D eigenvalue weighted by atomic mass is 9.83. The summed E-state index contributed by atoms with van der Waals surface area (Å²) >= 11 is 0. The van der Waals surface area contributed by atoms with Crippen LogP contribution in [0.4, 0.5) is 0 Å². The minimum Gasteiger partial charge on any atom is -0.326 e. The topological polar surface area (TPSA) is 38.0 Å². The number of hydrogen-bond donors (Lipinski definition) is 2. The van der Waals surface area contributed by atoms with Gasteiger partial charge < -0.3 is 11.1 Å². The Kier molecular flexibility index (Phi) is 4.08. The molecule has 0 radical (unpaired) electrons. The molecule has 0 saturated heterocycles. The van der Waals surface area contributed by atoms with E-state index in [0.717, 1.165) is 6.54 Å². The molecule has 100 valence electrons. The lowest BCUT2D eigenvalue weighted by molar-refractivity contribution is 0.400. The van der Waals surface area contributed by atoms with Crippen molar-refractivity contribution < 1.29 is 0 Å². The molecule has 2 nitrogen and oxygen atoms in total. The van der Waals surface area contributed by atoms with Crippen LogP contribution >= 0.6 is 0 Å². The van der Waals surface area contributed by atoms with Crippen LogP contribution in [-0.2, 0) is 5.41 Å². The van der Waals surface area contributed by atoms with Gasteiger partial charge in [-0.25, -0.2) is 0 Å². The summed E-state index contributed by atoms with van der Waals surface area (Å²) in [5.74, 6) is 0. The quantitative estimate of drug-likeness (QED) is 0.857. The fraction of sp³-hybridized carbons (Fsp3) is 0.625. The fourth-order valence-electron chi connectivity index (χ4n) is 2.80. The van der Waals surface area contributed by atoms with E-state index in [0.29, 0.717) is 12.1 Å². The first-order chi connectivity index (χ1) is 8.49. The second-order valence-corrected chi connectivity index (χ2v) is 6.34. The summed E-state index contributed by atoms with van der Waals surface area (Å²) in [5, 5.41) is 3.66. The highest BCUT2D eigenvalue weighted by molar-refractivity contribution is 5.28. The predicted molar refractivity (Wildman–Crippen MR) is 77.8 cm³/mol. The van der Waals surface area contributed by atoms with E-state index in [9.17, 15) is 0 Å². The average Bonchev–Trinajstić information content (AvgIpc) is 2.72. The van der Waals surface area contributed by atoms with E-state index < -0.39 is 0 Å². The van der Waals surface area contributed by atoms with Crippen LogP contribution in [0.15, 0.2) is 24.3 Å². The molecular formula is C16H26N2. The Morgan fingerprint density at radius 3 is 2.72 bits per heavy atom. The van der Waals surface area contributed by atoms with Crippen LogP contribution in [0.2, 0.25) is 0 Å². The zero-order valence-corrected chi connectivity index (χ0v) is 11.9. The maximum absolute atomic E-state index is 6.11. The van der Waals surface area contributed by atoms with Crippen LogP contribution in [0.5, 0.6) is 0 Å². The number of nitrogens with two attached hydrogens (primary N) is 1. The van der Waals surface area contributed by atoms with E-state index in [1.165, 1.54) is 30.4 Å². The highest BCUT2D eigenvalue weighted by Crippen LogP contribution is 2.24. The number of rotatable bonds is 4. The highest BCUT2D eigenvalue weighted by atomic mass is 15.0. The van der Waals surface area contributed by atoms with Gasteiger partial charge in [-0.2, -0.15) is 0 Å². The predicted octanol–water partition coefficient (Wildman–Crippen LogP) is 2.74. The van der Waals surface area contributed by atoms with Crippen LogP contribution < -0.4 is 11.1 Å². The standard InChI is InChI=1S/C16H26N2/c1-12-6-4-7-13(10-12)16(2,3)11-18-15-9-5-8-14(15)17/h4,6-7,10,14-15,18H,5,8-9,11,17H2,1-3H3. The Morgan fingerprint density at radius 2 is 2.11 bits per heavy atom. The first-order valence-electron chi connectivity index (χ1n) is 7.05. The lowest BCUT2D eigenvalue weighted by Crippen LogP contribution is -2.45. The SMILES string of the molecule is Cc1cccc(C(C)(C)CNC2CCCC2N)c1. The second-order valence-electron chi connectivity index (χ2n) is 6.34. The van der Waals surface area contributed by atoms with E-state index in [2.05, 4.69) is 50.4 Å². The summed E-state index contributed by atoms with van der Waals surface area (Å²) < 4.78 is 0. The zero-order valence-electron chi connectivity index (χ0n) is 11.9. The van der Waals surface area contributed by atoms with E-state index >= 15 is 0 Å². The summed E-state index contributed by atoms with van der Waals surface area (Å²) in [4.78, 5) is 0. The van der Waals surface area contributed by atoms with Crippen molar-refractivity contribution in [3.8, 4) is 0 Å². The van der Waals surface area contributed by atoms with Gasteiger partial charge in [-0.3, -0.25) is 0 Å². The summed E-state index contributed by atoms with van der Waals surface area (Å²) in [7, 11) is 0. The zero-order chi connectivity index (χ0) is 13.2. The Bertz CT molecular complexity index is 398. The van der Waals surface area contributed by atoms with E-state index in [-0.39, 0.29) is 5.41 Å². The summed E-state index contributed by atoms with van der Waals surface area (Å²) in [6, 6.07) is 9.67. The van der Waals surface area contributed by atoms with Gasteiger partial charge in [0.2, 0.25) is 0 Å². The normalized spacial score (nSPS) is 24.4. The molecule has 0 spiro atoms. The van der Waals surface area contributed by atoms with Crippen molar-refractivity contribution in [1.29, 1.82) is 0 Å². The Morgan fingerprint density at radius 1 is 1.33 bits per heavy atom. The molecule has 2 unspecified atom stereocenters. The molecule has 0 aliphatic heterocycles. The molecule has 2 rings (SSSR count). The van der Waals surface area contributed by atoms with Crippen molar-refractivity contribution in [1.82, 2.24) is 5.32 Å². The maximum Gasteiger partial charge on any atom is 0.0219 e. The minimum atomic E-state index is 0.161. The summed E-state index contributed by atoms with van der Waals surface area (Å²) in [5.41, 5.74) is 9.01. The van der Waals surface area contributed by atoms with E-state index in [4.69, 9.17) is 5.73 Å². The van der Waals surface area contributed by atoms with Crippen molar-refractivity contribution in [3.63, 3.8) is 0 Å². The van der Waals surface area contributed by atoms with Crippen LogP contribution in [0.1, 0.15) is 44.2 Å². The van der Waals surface area contributed by atoms with Gasteiger partial charge in [-0.1, -0.05) is 50.1 Å². The van der Waals surface area contributed by atoms with Crippen molar-refractivity contribution in [2.45, 2.75) is 57.5 Å². The summed E-state index contributed by atoms with van der Waals surface area (Å²) in [6.07, 6.45) is 3.66. The van der Waals surface area contributed by atoms with E-state index in [1.807, 2.05) is 0 Å². The number of benzene rings is 1. The first kappa shape index (κ1) is 13.6. The molecule has 1 aromatic rings. The average molecular weight is 246 g/mol. The molecule has 0 amide bonds. The van der Waals surface area contributed by atoms with Crippen molar-refractivity contribution in [3.05, 3.63) is 35.4 Å². The number of nitrogens with one attached hydrogen (secondary N) is 1. The Labute approximate surface area is 111 Å². The monoisotopic (exact) mass is 246 g/mol. The Hall–Kier alpha value is -0.860. The molecule has 3 N–H and O–H groups in total. The molecule has 1 aromatic carbocycles. The molecule has 0 bridgehead atoms. The maximum atomic E-state index is 6.11. The molecule has 1 fully saturated rings.